The van der Waals surface area contributed by atoms with Gasteiger partial charge in [-0.05, 0) is 24.3 Å². The van der Waals surface area contributed by atoms with Gasteiger partial charge in [0.15, 0.2) is 0 Å². The number of carbonyl (C=O) groups excluding carboxylic acids is 1. The van der Waals surface area contributed by atoms with Gasteiger partial charge >= 0.3 is 5.97 Å². The number of carboxylic acids is 1. The van der Waals surface area contributed by atoms with Gasteiger partial charge in [0.2, 0.25) is 0 Å². The first-order valence-corrected chi connectivity index (χ1v) is 6.85. The minimum absolute atomic E-state index is 0.0845. The molecule has 2 N–H and O–H groups in total. The highest BCUT2D eigenvalue weighted by Gasteiger charge is 2.10. The van der Waals surface area contributed by atoms with Gasteiger partial charge in [0.25, 0.3) is 5.91 Å². The molecule has 0 unspecified atom stereocenters. The summed E-state index contributed by atoms with van der Waals surface area (Å²) in [4.78, 5) is 23.0. The van der Waals surface area contributed by atoms with Crippen LogP contribution in [0.5, 0.6) is 0 Å². The Morgan fingerprint density at radius 2 is 1.82 bits per heavy atom. The second kappa shape index (κ2) is 7.06. The molecule has 7 heteroatoms. The molecule has 0 aromatic heterocycles. The molecule has 1 amide bonds. The van der Waals surface area contributed by atoms with Gasteiger partial charge in [-0.2, -0.15) is 5.10 Å². The highest BCUT2D eigenvalue weighted by molar-refractivity contribution is 6.35. The lowest BCUT2D eigenvalue weighted by Gasteiger charge is -2.03. The molecule has 2 aromatic rings. The number of hydrogen-bond acceptors (Lipinski definition) is 3. The Labute approximate surface area is 136 Å². The monoisotopic (exact) mass is 336 g/mol. The summed E-state index contributed by atoms with van der Waals surface area (Å²) in [6.07, 6.45) is 1.25. The van der Waals surface area contributed by atoms with Crippen molar-refractivity contribution >= 4 is 41.3 Å². The third-order valence-corrected chi connectivity index (χ3v) is 3.30. The van der Waals surface area contributed by atoms with Crippen molar-refractivity contribution in [1.82, 2.24) is 5.43 Å². The number of nitrogens with zero attached hydrogens (tertiary/aromatic N) is 1. The maximum atomic E-state index is 11.9. The van der Waals surface area contributed by atoms with E-state index >= 15 is 0 Å². The molecule has 0 saturated carbocycles. The van der Waals surface area contributed by atoms with Gasteiger partial charge < -0.3 is 5.11 Å². The number of amides is 1. The predicted octanol–water partition coefficient (Wildman–Crippen LogP) is 3.46. The standard InChI is InChI=1S/C15H10Cl2N2O3/c16-10-5-6-13(17)12(7-10)14(20)19-18-8-9-3-1-2-4-11(9)15(21)22/h1-8H,(H,19,20)(H,21,22)/b18-8+. The normalized spacial score (nSPS) is 10.6. The van der Waals surface area contributed by atoms with E-state index in [4.69, 9.17) is 28.3 Å². The van der Waals surface area contributed by atoms with Crippen LogP contribution < -0.4 is 5.43 Å². The van der Waals surface area contributed by atoms with Gasteiger partial charge in [0, 0.05) is 10.6 Å². The SMILES string of the molecule is O=C(N/N=C/c1ccccc1C(=O)O)c1cc(Cl)ccc1Cl. The number of halogens is 2. The summed E-state index contributed by atoms with van der Waals surface area (Å²) in [5, 5.41) is 13.4. The molecule has 0 atom stereocenters. The molecular formula is C15H10Cl2N2O3. The molecular weight excluding hydrogens is 327 g/mol. The summed E-state index contributed by atoms with van der Waals surface area (Å²) in [6, 6.07) is 10.8. The van der Waals surface area contributed by atoms with E-state index in [2.05, 4.69) is 10.5 Å². The summed E-state index contributed by atoms with van der Waals surface area (Å²) < 4.78 is 0. The van der Waals surface area contributed by atoms with Crippen LogP contribution >= 0.6 is 23.2 Å². The van der Waals surface area contributed by atoms with Crippen molar-refractivity contribution in [2.75, 3.05) is 0 Å². The van der Waals surface area contributed by atoms with E-state index in [1.165, 1.54) is 24.4 Å². The molecule has 112 valence electrons. The van der Waals surface area contributed by atoms with E-state index in [0.29, 0.717) is 10.6 Å². The number of nitrogens with one attached hydrogen (secondary N) is 1. The van der Waals surface area contributed by atoms with Crippen molar-refractivity contribution < 1.29 is 14.7 Å². The number of hydrazone groups is 1. The minimum atomic E-state index is -1.08. The first-order valence-electron chi connectivity index (χ1n) is 6.10. The Morgan fingerprint density at radius 1 is 1.09 bits per heavy atom. The van der Waals surface area contributed by atoms with Gasteiger partial charge in [0.1, 0.15) is 0 Å². The summed E-state index contributed by atoms with van der Waals surface area (Å²) in [6.45, 7) is 0. The van der Waals surface area contributed by atoms with Gasteiger partial charge in [-0.3, -0.25) is 4.79 Å². The largest absolute Gasteiger partial charge is 0.478 e. The fourth-order valence-electron chi connectivity index (χ4n) is 1.70. The lowest BCUT2D eigenvalue weighted by atomic mass is 10.1. The molecule has 0 saturated heterocycles. The maximum absolute atomic E-state index is 11.9. The molecule has 0 aliphatic rings. The molecule has 0 bridgehead atoms. The number of carboxylic acid groups (broad SMARTS) is 1. The summed E-state index contributed by atoms with van der Waals surface area (Å²) in [5.74, 6) is -1.62. The van der Waals surface area contributed by atoms with Gasteiger partial charge in [-0.25, -0.2) is 10.2 Å². The molecule has 2 rings (SSSR count). The number of benzene rings is 2. The molecule has 5 nitrogen and oxygen atoms in total. The Balaban J connectivity index is 2.14. The Bertz CT molecular complexity index is 760. The van der Waals surface area contributed by atoms with Crippen LogP contribution in [0.25, 0.3) is 0 Å². The number of aromatic carboxylic acids is 1. The van der Waals surface area contributed by atoms with Crippen LogP contribution in [0.15, 0.2) is 47.6 Å². The second-order valence-corrected chi connectivity index (χ2v) is 5.06. The first-order chi connectivity index (χ1) is 10.5. The van der Waals surface area contributed by atoms with Gasteiger partial charge in [0.05, 0.1) is 22.4 Å². The van der Waals surface area contributed by atoms with E-state index in [-0.39, 0.29) is 16.1 Å². The van der Waals surface area contributed by atoms with Crippen molar-refractivity contribution in [2.45, 2.75) is 0 Å². The Kier molecular flexibility index (Phi) is 5.14. The quantitative estimate of drug-likeness (QED) is 0.662. The summed E-state index contributed by atoms with van der Waals surface area (Å²) in [7, 11) is 0. The Hall–Kier alpha value is -2.37. The molecule has 22 heavy (non-hydrogen) atoms. The average Bonchev–Trinajstić information content (AvgIpc) is 2.50. The fraction of sp³-hybridized carbons (Fsp3) is 0. The van der Waals surface area contributed by atoms with Gasteiger partial charge in [-0.1, -0.05) is 41.4 Å². The van der Waals surface area contributed by atoms with E-state index in [9.17, 15) is 9.59 Å². The van der Waals surface area contributed by atoms with Crippen molar-refractivity contribution in [1.29, 1.82) is 0 Å². The van der Waals surface area contributed by atoms with Crippen LogP contribution in [0, 0.1) is 0 Å². The number of hydrogen-bond donors (Lipinski definition) is 2. The van der Waals surface area contributed by atoms with Crippen LogP contribution in [-0.2, 0) is 0 Å². The lowest BCUT2D eigenvalue weighted by molar-refractivity contribution is 0.0696. The second-order valence-electron chi connectivity index (χ2n) is 4.22. The average molecular weight is 337 g/mol. The van der Waals surface area contributed by atoms with E-state index < -0.39 is 11.9 Å². The van der Waals surface area contributed by atoms with E-state index in [1.807, 2.05) is 0 Å². The third-order valence-electron chi connectivity index (χ3n) is 2.73. The van der Waals surface area contributed by atoms with Crippen molar-refractivity contribution in [2.24, 2.45) is 5.10 Å². The number of carbonyl (C=O) groups is 2. The molecule has 0 radical (unpaired) electrons. The van der Waals surface area contributed by atoms with Crippen LogP contribution in [-0.4, -0.2) is 23.2 Å². The molecule has 0 aliphatic carbocycles. The molecule has 0 heterocycles. The zero-order valence-electron chi connectivity index (χ0n) is 11.1. The van der Waals surface area contributed by atoms with Crippen molar-refractivity contribution in [3.63, 3.8) is 0 Å². The van der Waals surface area contributed by atoms with Crippen LogP contribution in [0.3, 0.4) is 0 Å². The summed E-state index contributed by atoms with van der Waals surface area (Å²) in [5.41, 5.74) is 2.91. The van der Waals surface area contributed by atoms with E-state index in [0.717, 1.165) is 0 Å². The Morgan fingerprint density at radius 3 is 2.55 bits per heavy atom. The highest BCUT2D eigenvalue weighted by Crippen LogP contribution is 2.20. The zero-order chi connectivity index (χ0) is 16.1. The smallest absolute Gasteiger partial charge is 0.336 e. The van der Waals surface area contributed by atoms with Gasteiger partial charge in [-0.15, -0.1) is 0 Å². The molecule has 0 aliphatic heterocycles. The fourth-order valence-corrected chi connectivity index (χ4v) is 2.07. The highest BCUT2D eigenvalue weighted by atomic mass is 35.5. The predicted molar refractivity (Wildman–Crippen MR) is 84.9 cm³/mol. The van der Waals surface area contributed by atoms with Crippen molar-refractivity contribution in [3.05, 3.63) is 69.2 Å². The molecule has 0 fully saturated rings. The lowest BCUT2D eigenvalue weighted by Crippen LogP contribution is -2.18. The summed E-state index contributed by atoms with van der Waals surface area (Å²) >= 11 is 11.7. The topological polar surface area (TPSA) is 78.8 Å². The van der Waals surface area contributed by atoms with Crippen LogP contribution in [0.4, 0.5) is 0 Å². The zero-order valence-corrected chi connectivity index (χ0v) is 12.6. The molecule has 0 spiro atoms. The minimum Gasteiger partial charge on any atom is -0.478 e. The molecule has 2 aromatic carbocycles. The third kappa shape index (κ3) is 3.84. The van der Waals surface area contributed by atoms with Crippen LogP contribution in [0.2, 0.25) is 10.0 Å². The van der Waals surface area contributed by atoms with Crippen molar-refractivity contribution in [3.8, 4) is 0 Å². The maximum Gasteiger partial charge on any atom is 0.336 e. The van der Waals surface area contributed by atoms with Crippen LogP contribution in [0.1, 0.15) is 26.3 Å². The first kappa shape index (κ1) is 16.0. The van der Waals surface area contributed by atoms with E-state index in [1.54, 1.807) is 24.3 Å². The number of rotatable bonds is 4.